The number of aromatic nitrogens is 3. The minimum atomic E-state index is -0.396. The standard InChI is InChI=1S/C19H27N5O3/c1-26-18-8-4-3-7-16(18)23-13-11-22(12-14-23)9-5-6-10-24-17(15-20-21-24)19(25)27-2/h3-4,7-8,15H,5-6,9-14H2,1-2H3. The van der Waals surface area contributed by atoms with Gasteiger partial charge in [-0.05, 0) is 31.5 Å². The molecule has 0 amide bonds. The quantitative estimate of drug-likeness (QED) is 0.515. The van der Waals surface area contributed by atoms with Crippen LogP contribution in [0.25, 0.3) is 0 Å². The Bertz CT molecular complexity index is 740. The Kier molecular flexibility index (Phi) is 6.64. The molecule has 0 unspecified atom stereocenters. The van der Waals surface area contributed by atoms with Gasteiger partial charge in [-0.1, -0.05) is 17.3 Å². The van der Waals surface area contributed by atoms with Crippen molar-refractivity contribution >= 4 is 11.7 Å². The van der Waals surface area contributed by atoms with Gasteiger partial charge in [-0.3, -0.25) is 4.90 Å². The first kappa shape index (κ1) is 19.2. The van der Waals surface area contributed by atoms with Gasteiger partial charge in [-0.25, -0.2) is 9.48 Å². The molecule has 1 aliphatic heterocycles. The lowest BCUT2D eigenvalue weighted by Crippen LogP contribution is -2.46. The smallest absolute Gasteiger partial charge is 0.358 e. The second-order valence-electron chi connectivity index (χ2n) is 6.54. The largest absolute Gasteiger partial charge is 0.495 e. The van der Waals surface area contributed by atoms with E-state index in [9.17, 15) is 4.79 Å². The van der Waals surface area contributed by atoms with E-state index in [4.69, 9.17) is 9.47 Å². The highest BCUT2D eigenvalue weighted by molar-refractivity contribution is 5.86. The monoisotopic (exact) mass is 373 g/mol. The highest BCUT2D eigenvalue weighted by Gasteiger charge is 2.19. The molecular formula is C19H27N5O3. The number of unbranched alkanes of at least 4 members (excludes halogenated alkanes) is 1. The van der Waals surface area contributed by atoms with Crippen LogP contribution in [0.15, 0.2) is 30.5 Å². The molecule has 0 aliphatic carbocycles. The molecule has 1 fully saturated rings. The first-order valence-electron chi connectivity index (χ1n) is 9.30. The van der Waals surface area contributed by atoms with Crippen molar-refractivity contribution in [2.45, 2.75) is 19.4 Å². The van der Waals surface area contributed by atoms with Gasteiger partial charge in [-0.15, -0.1) is 5.10 Å². The zero-order valence-electron chi connectivity index (χ0n) is 16.0. The van der Waals surface area contributed by atoms with Gasteiger partial charge in [-0.2, -0.15) is 0 Å². The molecule has 27 heavy (non-hydrogen) atoms. The molecular weight excluding hydrogens is 346 g/mol. The maximum atomic E-state index is 11.6. The summed E-state index contributed by atoms with van der Waals surface area (Å²) >= 11 is 0. The van der Waals surface area contributed by atoms with Crippen molar-refractivity contribution in [3.63, 3.8) is 0 Å². The van der Waals surface area contributed by atoms with Crippen molar-refractivity contribution in [1.82, 2.24) is 19.9 Å². The van der Waals surface area contributed by atoms with Gasteiger partial charge >= 0.3 is 5.97 Å². The number of methoxy groups -OCH3 is 2. The molecule has 2 heterocycles. The molecule has 0 spiro atoms. The zero-order valence-corrected chi connectivity index (χ0v) is 16.0. The Morgan fingerprint density at radius 3 is 2.56 bits per heavy atom. The van der Waals surface area contributed by atoms with Gasteiger partial charge in [0.15, 0.2) is 5.69 Å². The number of nitrogens with zero attached hydrogens (tertiary/aromatic N) is 5. The predicted octanol–water partition coefficient (Wildman–Crippen LogP) is 1.68. The van der Waals surface area contributed by atoms with Crippen molar-refractivity contribution < 1.29 is 14.3 Å². The van der Waals surface area contributed by atoms with Gasteiger partial charge in [0.2, 0.25) is 0 Å². The van der Waals surface area contributed by atoms with Crippen molar-refractivity contribution in [2.24, 2.45) is 0 Å². The molecule has 0 atom stereocenters. The molecule has 3 rings (SSSR count). The summed E-state index contributed by atoms with van der Waals surface area (Å²) in [6.07, 6.45) is 3.44. The van der Waals surface area contributed by atoms with Crippen molar-refractivity contribution in [3.8, 4) is 5.75 Å². The fourth-order valence-corrected chi connectivity index (χ4v) is 3.39. The van der Waals surface area contributed by atoms with E-state index >= 15 is 0 Å². The summed E-state index contributed by atoms with van der Waals surface area (Å²) in [5.74, 6) is 0.535. The van der Waals surface area contributed by atoms with Crippen molar-refractivity contribution in [2.75, 3.05) is 51.8 Å². The normalized spacial score (nSPS) is 15.0. The SMILES string of the molecule is COC(=O)c1cnnn1CCCCN1CCN(c2ccccc2OC)CC1. The number of anilines is 1. The summed E-state index contributed by atoms with van der Waals surface area (Å²) in [6.45, 7) is 5.78. The molecule has 1 saturated heterocycles. The average molecular weight is 373 g/mol. The van der Waals surface area contributed by atoms with Gasteiger partial charge in [0.05, 0.1) is 26.1 Å². The number of carbonyl (C=O) groups is 1. The number of para-hydroxylation sites is 2. The number of carbonyl (C=O) groups excluding carboxylic acids is 1. The average Bonchev–Trinajstić information content (AvgIpc) is 3.19. The third-order valence-electron chi connectivity index (χ3n) is 4.90. The lowest BCUT2D eigenvalue weighted by molar-refractivity contribution is 0.0586. The van der Waals surface area contributed by atoms with Gasteiger partial charge in [0.1, 0.15) is 5.75 Å². The Morgan fingerprint density at radius 1 is 1.07 bits per heavy atom. The molecule has 2 aromatic rings. The van der Waals surface area contributed by atoms with E-state index in [-0.39, 0.29) is 0 Å². The number of ether oxygens (including phenoxy) is 2. The molecule has 1 aliphatic rings. The fourth-order valence-electron chi connectivity index (χ4n) is 3.39. The van der Waals surface area contributed by atoms with Crippen LogP contribution in [0.3, 0.4) is 0 Å². The number of hydrogen-bond acceptors (Lipinski definition) is 7. The summed E-state index contributed by atoms with van der Waals surface area (Å²) in [7, 11) is 3.08. The summed E-state index contributed by atoms with van der Waals surface area (Å²) in [5, 5.41) is 7.76. The third kappa shape index (κ3) is 4.77. The molecule has 146 valence electrons. The number of benzene rings is 1. The van der Waals surface area contributed by atoms with Crippen LogP contribution in [0.4, 0.5) is 5.69 Å². The number of aryl methyl sites for hydroxylation is 1. The second kappa shape index (κ2) is 9.36. The maximum Gasteiger partial charge on any atom is 0.358 e. The molecule has 1 aromatic heterocycles. The summed E-state index contributed by atoms with van der Waals surface area (Å²) in [5.41, 5.74) is 1.57. The highest BCUT2D eigenvalue weighted by atomic mass is 16.5. The molecule has 0 saturated carbocycles. The summed E-state index contributed by atoms with van der Waals surface area (Å²) in [6, 6.07) is 8.18. The predicted molar refractivity (Wildman–Crippen MR) is 102 cm³/mol. The van der Waals surface area contributed by atoms with Crippen molar-refractivity contribution in [1.29, 1.82) is 0 Å². The van der Waals surface area contributed by atoms with E-state index in [1.165, 1.54) is 19.0 Å². The van der Waals surface area contributed by atoms with Crippen LogP contribution >= 0.6 is 0 Å². The molecule has 8 heteroatoms. The number of esters is 1. The number of piperazine rings is 1. The minimum absolute atomic E-state index is 0.396. The van der Waals surface area contributed by atoms with Crippen LogP contribution in [-0.2, 0) is 11.3 Å². The van der Waals surface area contributed by atoms with Gasteiger partial charge in [0, 0.05) is 32.7 Å². The molecule has 8 nitrogen and oxygen atoms in total. The zero-order chi connectivity index (χ0) is 19.1. The van der Waals surface area contributed by atoms with E-state index in [0.29, 0.717) is 12.2 Å². The van der Waals surface area contributed by atoms with Gasteiger partial charge in [0.25, 0.3) is 0 Å². The van der Waals surface area contributed by atoms with E-state index in [1.807, 2.05) is 12.1 Å². The first-order valence-corrected chi connectivity index (χ1v) is 9.30. The Balaban J connectivity index is 1.40. The summed E-state index contributed by atoms with van der Waals surface area (Å²) in [4.78, 5) is 16.5. The molecule has 0 bridgehead atoms. The first-order chi connectivity index (χ1) is 13.2. The van der Waals surface area contributed by atoms with Crippen LogP contribution in [0.5, 0.6) is 5.75 Å². The van der Waals surface area contributed by atoms with Crippen LogP contribution in [-0.4, -0.2) is 72.8 Å². The Labute approximate surface area is 159 Å². The third-order valence-corrected chi connectivity index (χ3v) is 4.90. The fraction of sp³-hybridized carbons (Fsp3) is 0.526. The second-order valence-corrected chi connectivity index (χ2v) is 6.54. The summed E-state index contributed by atoms with van der Waals surface area (Å²) < 4.78 is 11.8. The number of rotatable bonds is 8. The topological polar surface area (TPSA) is 72.7 Å². The molecule has 1 aromatic carbocycles. The maximum absolute atomic E-state index is 11.6. The van der Waals surface area contributed by atoms with Gasteiger partial charge < -0.3 is 14.4 Å². The van der Waals surface area contributed by atoms with Crippen LogP contribution in [0.1, 0.15) is 23.3 Å². The van der Waals surface area contributed by atoms with E-state index in [1.54, 1.807) is 11.8 Å². The highest BCUT2D eigenvalue weighted by Crippen LogP contribution is 2.28. The molecule has 0 radical (unpaired) electrons. The van der Waals surface area contributed by atoms with E-state index < -0.39 is 5.97 Å². The van der Waals surface area contributed by atoms with Crippen LogP contribution in [0, 0.1) is 0 Å². The Morgan fingerprint density at radius 2 is 1.81 bits per heavy atom. The van der Waals surface area contributed by atoms with Crippen LogP contribution < -0.4 is 9.64 Å². The van der Waals surface area contributed by atoms with E-state index in [2.05, 4.69) is 32.2 Å². The van der Waals surface area contributed by atoms with E-state index in [0.717, 1.165) is 51.3 Å². The number of hydrogen-bond donors (Lipinski definition) is 0. The Hall–Kier alpha value is -2.61. The van der Waals surface area contributed by atoms with Crippen LogP contribution in [0.2, 0.25) is 0 Å². The van der Waals surface area contributed by atoms with Crippen molar-refractivity contribution in [3.05, 3.63) is 36.2 Å². The minimum Gasteiger partial charge on any atom is -0.495 e. The lowest BCUT2D eigenvalue weighted by atomic mass is 10.2. The molecule has 0 N–H and O–H groups in total. The lowest BCUT2D eigenvalue weighted by Gasteiger charge is -2.36.